The normalized spacial score (nSPS) is 10.2. The van der Waals surface area contributed by atoms with Gasteiger partial charge in [-0.3, -0.25) is 5.10 Å². The molecule has 1 heterocycles. The van der Waals surface area contributed by atoms with E-state index in [4.69, 9.17) is 4.74 Å². The number of halogens is 1. The number of aryl methyl sites for hydroxylation is 1. The van der Waals surface area contributed by atoms with Gasteiger partial charge >= 0.3 is 0 Å². The molecular formula is C14H20ClN3O. The summed E-state index contributed by atoms with van der Waals surface area (Å²) in [6, 6.07) is 8.46. The number of methoxy groups -OCH3 is 1. The largest absolute Gasteiger partial charge is 0.380 e. The molecule has 2 aromatic rings. The third kappa shape index (κ3) is 4.67. The number of hydrogen-bond donors (Lipinski definition) is 2. The van der Waals surface area contributed by atoms with Crippen LogP contribution in [0.4, 0.5) is 0 Å². The molecule has 0 aliphatic carbocycles. The first kappa shape index (κ1) is 15.7. The van der Waals surface area contributed by atoms with Crippen molar-refractivity contribution in [2.45, 2.75) is 26.6 Å². The van der Waals surface area contributed by atoms with Gasteiger partial charge in [0.2, 0.25) is 0 Å². The fourth-order valence-corrected chi connectivity index (χ4v) is 1.82. The number of aromatic nitrogens is 2. The maximum atomic E-state index is 5.08. The lowest BCUT2D eigenvalue weighted by molar-refractivity contribution is 0.185. The minimum Gasteiger partial charge on any atom is -0.380 e. The van der Waals surface area contributed by atoms with Crippen LogP contribution in [0.1, 0.15) is 22.4 Å². The second kappa shape index (κ2) is 7.94. The first-order valence-electron chi connectivity index (χ1n) is 6.06. The molecule has 0 bridgehead atoms. The predicted molar refractivity (Wildman–Crippen MR) is 78.3 cm³/mol. The zero-order valence-electron chi connectivity index (χ0n) is 11.3. The number of ether oxygens (including phenoxy) is 1. The zero-order valence-corrected chi connectivity index (χ0v) is 12.1. The van der Waals surface area contributed by atoms with Gasteiger partial charge in [-0.15, -0.1) is 12.4 Å². The van der Waals surface area contributed by atoms with E-state index in [2.05, 4.69) is 39.8 Å². The van der Waals surface area contributed by atoms with Crippen LogP contribution < -0.4 is 5.32 Å². The van der Waals surface area contributed by atoms with Crippen LogP contribution >= 0.6 is 12.4 Å². The molecule has 0 unspecified atom stereocenters. The highest BCUT2D eigenvalue weighted by atomic mass is 35.5. The van der Waals surface area contributed by atoms with Gasteiger partial charge in [-0.2, -0.15) is 5.10 Å². The molecule has 19 heavy (non-hydrogen) atoms. The Morgan fingerprint density at radius 1 is 1.16 bits per heavy atom. The Morgan fingerprint density at radius 2 is 1.84 bits per heavy atom. The Morgan fingerprint density at radius 3 is 2.42 bits per heavy atom. The van der Waals surface area contributed by atoms with Crippen molar-refractivity contribution in [1.29, 1.82) is 0 Å². The average Bonchev–Trinajstić information content (AvgIpc) is 2.78. The summed E-state index contributed by atoms with van der Waals surface area (Å²) in [5, 5.41) is 10.3. The minimum absolute atomic E-state index is 0. The van der Waals surface area contributed by atoms with Crippen LogP contribution in [0.3, 0.4) is 0 Å². The van der Waals surface area contributed by atoms with E-state index in [1.807, 2.05) is 13.1 Å². The summed E-state index contributed by atoms with van der Waals surface area (Å²) in [7, 11) is 1.71. The Hall–Kier alpha value is -1.36. The number of H-pyrrole nitrogens is 1. The van der Waals surface area contributed by atoms with Crippen molar-refractivity contribution in [2.24, 2.45) is 0 Å². The lowest BCUT2D eigenvalue weighted by Crippen LogP contribution is -2.12. The van der Waals surface area contributed by atoms with Gasteiger partial charge < -0.3 is 10.1 Å². The molecule has 0 saturated carbocycles. The van der Waals surface area contributed by atoms with E-state index in [0.29, 0.717) is 6.61 Å². The molecule has 0 amide bonds. The van der Waals surface area contributed by atoms with E-state index in [9.17, 15) is 0 Å². The van der Waals surface area contributed by atoms with Gasteiger partial charge in [0, 0.05) is 31.5 Å². The first-order valence-corrected chi connectivity index (χ1v) is 6.06. The van der Waals surface area contributed by atoms with Crippen molar-refractivity contribution in [3.8, 4) is 0 Å². The minimum atomic E-state index is 0. The van der Waals surface area contributed by atoms with Crippen LogP contribution in [0, 0.1) is 6.92 Å². The molecular weight excluding hydrogens is 262 g/mol. The third-order valence-electron chi connectivity index (χ3n) is 2.91. The van der Waals surface area contributed by atoms with Gasteiger partial charge in [0.25, 0.3) is 0 Å². The van der Waals surface area contributed by atoms with Crippen LogP contribution in [-0.4, -0.2) is 17.3 Å². The lowest BCUT2D eigenvalue weighted by atomic mass is 10.1. The molecule has 0 saturated heterocycles. The summed E-state index contributed by atoms with van der Waals surface area (Å²) in [6.45, 7) is 4.39. The van der Waals surface area contributed by atoms with Crippen molar-refractivity contribution >= 4 is 12.4 Å². The van der Waals surface area contributed by atoms with Gasteiger partial charge in [0.05, 0.1) is 12.8 Å². The van der Waals surface area contributed by atoms with E-state index < -0.39 is 0 Å². The highest BCUT2D eigenvalue weighted by Gasteiger charge is 1.99. The van der Waals surface area contributed by atoms with Gasteiger partial charge in [0.15, 0.2) is 0 Å². The molecule has 0 radical (unpaired) electrons. The molecule has 0 aliphatic heterocycles. The second-order valence-electron chi connectivity index (χ2n) is 4.37. The van der Waals surface area contributed by atoms with Crippen molar-refractivity contribution in [1.82, 2.24) is 15.5 Å². The molecule has 5 heteroatoms. The number of rotatable bonds is 6. The van der Waals surface area contributed by atoms with Crippen LogP contribution in [-0.2, 0) is 24.4 Å². The Bertz CT molecular complexity index is 482. The molecule has 4 nitrogen and oxygen atoms in total. The van der Waals surface area contributed by atoms with E-state index >= 15 is 0 Å². The Balaban J connectivity index is 0.00000180. The first-order chi connectivity index (χ1) is 8.79. The highest BCUT2D eigenvalue weighted by Crippen LogP contribution is 2.06. The van der Waals surface area contributed by atoms with E-state index in [1.165, 1.54) is 16.7 Å². The smallest absolute Gasteiger partial charge is 0.0713 e. The maximum Gasteiger partial charge on any atom is 0.0713 e. The summed E-state index contributed by atoms with van der Waals surface area (Å²) in [4.78, 5) is 0. The van der Waals surface area contributed by atoms with Crippen molar-refractivity contribution in [3.05, 3.63) is 52.8 Å². The summed E-state index contributed by atoms with van der Waals surface area (Å²) in [6.07, 6.45) is 1.87. The van der Waals surface area contributed by atoms with Crippen LogP contribution in [0.15, 0.2) is 30.5 Å². The molecule has 0 spiro atoms. The number of hydrogen-bond acceptors (Lipinski definition) is 3. The molecule has 0 aliphatic rings. The molecule has 2 rings (SSSR count). The molecule has 1 aromatic heterocycles. The Kier molecular flexibility index (Phi) is 6.56. The average molecular weight is 282 g/mol. The van der Waals surface area contributed by atoms with Crippen LogP contribution in [0.25, 0.3) is 0 Å². The van der Waals surface area contributed by atoms with Crippen LogP contribution in [0.5, 0.6) is 0 Å². The summed E-state index contributed by atoms with van der Waals surface area (Å²) < 4.78 is 5.08. The molecule has 104 valence electrons. The zero-order chi connectivity index (χ0) is 12.8. The standard InChI is InChI=1S/C14H19N3O.ClH/c1-11-14(9-16-17-11)8-15-7-12-3-5-13(6-4-12)10-18-2;/h3-6,9,15H,7-8,10H2,1-2H3,(H,16,17);1H. The van der Waals surface area contributed by atoms with E-state index in [-0.39, 0.29) is 12.4 Å². The Labute approximate surface area is 120 Å². The van der Waals surface area contributed by atoms with E-state index in [1.54, 1.807) is 7.11 Å². The lowest BCUT2D eigenvalue weighted by Gasteiger charge is -2.05. The second-order valence-corrected chi connectivity index (χ2v) is 4.37. The van der Waals surface area contributed by atoms with Gasteiger partial charge in [-0.05, 0) is 18.1 Å². The fourth-order valence-electron chi connectivity index (χ4n) is 1.82. The number of nitrogens with zero attached hydrogens (tertiary/aromatic N) is 1. The number of aromatic amines is 1. The van der Waals surface area contributed by atoms with Crippen molar-refractivity contribution in [3.63, 3.8) is 0 Å². The maximum absolute atomic E-state index is 5.08. The molecule has 0 fully saturated rings. The third-order valence-corrected chi connectivity index (χ3v) is 2.91. The van der Waals surface area contributed by atoms with Gasteiger partial charge in [-0.25, -0.2) is 0 Å². The summed E-state index contributed by atoms with van der Waals surface area (Å²) in [5.41, 5.74) is 4.81. The summed E-state index contributed by atoms with van der Waals surface area (Å²) >= 11 is 0. The fraction of sp³-hybridized carbons (Fsp3) is 0.357. The monoisotopic (exact) mass is 281 g/mol. The van der Waals surface area contributed by atoms with Crippen molar-refractivity contribution in [2.75, 3.05) is 7.11 Å². The van der Waals surface area contributed by atoms with Crippen LogP contribution in [0.2, 0.25) is 0 Å². The van der Waals surface area contributed by atoms with Gasteiger partial charge in [0.1, 0.15) is 0 Å². The molecule has 2 N–H and O–H groups in total. The summed E-state index contributed by atoms with van der Waals surface area (Å²) in [5.74, 6) is 0. The molecule has 1 aromatic carbocycles. The topological polar surface area (TPSA) is 49.9 Å². The SMILES string of the molecule is COCc1ccc(CNCc2cn[nH]c2C)cc1.Cl. The number of nitrogens with one attached hydrogen (secondary N) is 2. The quantitative estimate of drug-likeness (QED) is 0.856. The van der Waals surface area contributed by atoms with Crippen molar-refractivity contribution < 1.29 is 4.74 Å². The highest BCUT2D eigenvalue weighted by molar-refractivity contribution is 5.85. The molecule has 0 atom stereocenters. The van der Waals surface area contributed by atoms with Gasteiger partial charge in [-0.1, -0.05) is 24.3 Å². The van der Waals surface area contributed by atoms with E-state index in [0.717, 1.165) is 18.8 Å². The number of benzene rings is 1. The predicted octanol–water partition coefficient (Wildman–Crippen LogP) is 2.58.